The molecule has 0 bridgehead atoms. The van der Waals surface area contributed by atoms with Crippen molar-refractivity contribution >= 4 is 208 Å². The zero-order valence-electron chi connectivity index (χ0n) is 79.1. The molecule has 0 aromatic carbocycles. The number of halogens is 1. The molecule has 0 atom stereocenters. The minimum atomic E-state index is -1.40. The smallest absolute Gasteiger partial charge is 0.425 e. The van der Waals surface area contributed by atoms with Crippen molar-refractivity contribution in [2.45, 2.75) is 316 Å². The summed E-state index contributed by atoms with van der Waals surface area (Å²) in [5, 5.41) is 19.3. The molecule has 2 fully saturated rings. The van der Waals surface area contributed by atoms with Gasteiger partial charge in [0, 0.05) is 13.1 Å². The number of ketones is 2. The van der Waals surface area contributed by atoms with Crippen molar-refractivity contribution < 1.29 is 115 Å². The average Bonchev–Trinajstić information content (AvgIpc) is 1.59. The topological polar surface area (TPSA) is 508 Å². The predicted octanol–water partition coefficient (Wildman–Crippen LogP) is 19.5. The second-order valence-corrected chi connectivity index (χ2v) is 42.7. The number of nitrogen functional groups attached to an aromatic ring is 1. The van der Waals surface area contributed by atoms with Crippen LogP contribution in [0.3, 0.4) is 0 Å². The molecule has 7 aromatic heterocycles. The third-order valence-corrected chi connectivity index (χ3v) is 22.4. The third-order valence-electron chi connectivity index (χ3n) is 16.9. The van der Waals surface area contributed by atoms with E-state index in [1.807, 2.05) is 29.5 Å². The first-order valence-electron chi connectivity index (χ1n) is 41.1. The van der Waals surface area contributed by atoms with E-state index in [0.29, 0.717) is 86.0 Å². The van der Waals surface area contributed by atoms with Gasteiger partial charge in [0.1, 0.15) is 74.7 Å². The number of Topliss-reactive ketones (excluding diaryl/α,β-unsaturated/α-hetero) is 2. The first-order valence-corrected chi connectivity index (χ1v) is 46.1. The summed E-state index contributed by atoms with van der Waals surface area (Å²) in [6.45, 7) is 46.7. The molecule has 718 valence electrons. The Hall–Kier alpha value is -10.3. The van der Waals surface area contributed by atoms with Crippen molar-refractivity contribution in [1.82, 2.24) is 41.4 Å². The highest BCUT2D eigenvalue weighted by Crippen LogP contribution is 2.38. The number of carboxylic acids is 1. The molecular formula is C84H119IN14O26S5. The van der Waals surface area contributed by atoms with E-state index in [2.05, 4.69) is 41.5 Å². The van der Waals surface area contributed by atoms with Crippen LogP contribution < -0.4 is 36.5 Å². The van der Waals surface area contributed by atoms with Crippen molar-refractivity contribution in [2.24, 2.45) is 11.8 Å². The maximum atomic E-state index is 13.2. The molecule has 0 saturated heterocycles. The second-order valence-electron chi connectivity index (χ2n) is 37.8. The van der Waals surface area contributed by atoms with Crippen LogP contribution in [0.5, 0.6) is 0 Å². The highest BCUT2D eigenvalue weighted by Gasteiger charge is 2.44. The van der Waals surface area contributed by atoms with Crippen LogP contribution in [0.2, 0.25) is 0 Å². The van der Waals surface area contributed by atoms with Crippen LogP contribution in [0.1, 0.15) is 305 Å². The SMILES string of the molecule is CC(=O)c1c(N(C(=O)OC(C)(C)C)C(=O)OC(C)(C)C)nsc1C(=O)O.COC(=O)c1snc(N(C(=O)OC(C)(C)C)C(=O)OC(C)(C)C)c1C(C)=O.COC(=O)c1snc(N(C(=O)OC(C)(C)C)C(=O)OC(C)(C)C)c1I.Cc1nn(CC2CCCCC2)c(=O)c2snc(N(C(=O)OC(C)(C)C)C(=O)OC(C)(C)C)c12.Cc1nn(CC2CCCCC2)c(=O)c2snc(N)c12. The maximum Gasteiger partial charge on any atom is 0.425 e. The van der Waals surface area contributed by atoms with Crippen molar-refractivity contribution in [2.75, 3.05) is 39.6 Å². The lowest BCUT2D eigenvalue weighted by Crippen LogP contribution is -2.44. The quantitative estimate of drug-likeness (QED) is 0.0468. The normalized spacial score (nSPS) is 13.4. The Bertz CT molecular complexity index is 5330. The fourth-order valence-corrected chi connectivity index (χ4v) is 16.9. The summed E-state index contributed by atoms with van der Waals surface area (Å²) in [6, 6.07) is 0. The zero-order chi connectivity index (χ0) is 99.1. The number of carbonyl (C=O) groups excluding carboxylic acids is 12. The molecule has 2 aliphatic rings. The van der Waals surface area contributed by atoms with Gasteiger partial charge in [0.2, 0.25) is 0 Å². The molecule has 0 radical (unpaired) electrons. The molecule has 46 heteroatoms. The molecule has 130 heavy (non-hydrogen) atoms. The van der Waals surface area contributed by atoms with E-state index in [1.165, 1.54) is 81.6 Å². The summed E-state index contributed by atoms with van der Waals surface area (Å²) >= 11 is 5.89. The number of rotatable bonds is 13. The summed E-state index contributed by atoms with van der Waals surface area (Å²) in [7, 11) is 2.38. The Morgan fingerprint density at radius 2 is 0.638 bits per heavy atom. The Morgan fingerprint density at radius 1 is 0.385 bits per heavy atom. The molecule has 8 amide bonds. The summed E-state index contributed by atoms with van der Waals surface area (Å²) in [6.07, 6.45) is 3.88. The summed E-state index contributed by atoms with van der Waals surface area (Å²) in [4.78, 5) is 188. The molecule has 0 aliphatic heterocycles. The molecule has 2 saturated carbocycles. The van der Waals surface area contributed by atoms with Gasteiger partial charge < -0.3 is 58.2 Å². The summed E-state index contributed by atoms with van der Waals surface area (Å²) < 4.78 is 76.2. The molecule has 7 heterocycles. The van der Waals surface area contributed by atoms with Gasteiger partial charge in [0.15, 0.2) is 34.8 Å². The molecule has 3 N–H and O–H groups in total. The number of anilines is 5. The lowest BCUT2D eigenvalue weighted by Gasteiger charge is -2.28. The van der Waals surface area contributed by atoms with Gasteiger partial charge in [-0.05, 0) is 312 Å². The van der Waals surface area contributed by atoms with Crippen LogP contribution in [0, 0.1) is 29.3 Å². The minimum Gasteiger partial charge on any atom is -0.477 e. The average molecular weight is 2030 g/mol. The van der Waals surface area contributed by atoms with Crippen molar-refractivity contribution in [3.8, 4) is 0 Å². The Labute approximate surface area is 787 Å². The number of methoxy groups -OCH3 is 2. The van der Waals surface area contributed by atoms with Crippen LogP contribution in [0.25, 0.3) is 20.2 Å². The molecule has 2 aliphatic carbocycles. The van der Waals surface area contributed by atoms with Gasteiger partial charge in [-0.2, -0.15) is 51.7 Å². The molecule has 7 aromatic rings. The maximum absolute atomic E-state index is 13.2. The highest BCUT2D eigenvalue weighted by atomic mass is 127. The molecular weight excluding hydrogens is 1910 g/mol. The van der Waals surface area contributed by atoms with E-state index >= 15 is 0 Å². The number of hydrogen-bond acceptors (Lipinski definition) is 38. The van der Waals surface area contributed by atoms with Gasteiger partial charge in [0.25, 0.3) is 11.1 Å². The number of fused-ring (bicyclic) bond motifs is 2. The fraction of sp³-hybridized carbons (Fsp3) is 0.619. The number of carbonyl (C=O) groups is 13. The van der Waals surface area contributed by atoms with E-state index in [-0.39, 0.29) is 54.3 Å². The van der Waals surface area contributed by atoms with Crippen molar-refractivity contribution in [3.05, 3.63) is 61.4 Å². The number of nitrogens with zero attached hydrogens (tertiary/aromatic N) is 13. The Balaban J connectivity index is 0.000000290. The van der Waals surface area contributed by atoms with Crippen LogP contribution in [-0.2, 0) is 60.5 Å². The number of ether oxygens (including phenoxy) is 10. The van der Waals surface area contributed by atoms with E-state index < -0.39 is 129 Å². The minimum absolute atomic E-state index is 0.00502. The number of carboxylic acid groups (broad SMARTS) is 1. The molecule has 9 rings (SSSR count). The monoisotopic (exact) mass is 2030 g/mol. The third kappa shape index (κ3) is 32.3. The van der Waals surface area contributed by atoms with Crippen LogP contribution in [0.4, 0.5) is 67.4 Å². The first kappa shape index (κ1) is 110. The van der Waals surface area contributed by atoms with Gasteiger partial charge in [0.05, 0.1) is 51.1 Å². The van der Waals surface area contributed by atoms with E-state index in [0.717, 1.165) is 72.5 Å². The second kappa shape index (κ2) is 44.7. The lowest BCUT2D eigenvalue weighted by molar-refractivity contribution is 0.0406. The number of amides is 8. The molecule has 0 unspecified atom stereocenters. The number of aryl methyl sites for hydroxylation is 2. The highest BCUT2D eigenvalue weighted by molar-refractivity contribution is 14.1. The predicted molar refractivity (Wildman–Crippen MR) is 499 cm³/mol. The van der Waals surface area contributed by atoms with Gasteiger partial charge >= 0.3 is 66.7 Å². The van der Waals surface area contributed by atoms with E-state index in [4.69, 9.17) is 43.6 Å². The summed E-state index contributed by atoms with van der Waals surface area (Å²) in [5.74, 6) is -3.41. The number of hydrogen-bond donors (Lipinski definition) is 2. The van der Waals surface area contributed by atoms with Crippen molar-refractivity contribution in [3.63, 3.8) is 0 Å². The van der Waals surface area contributed by atoms with Crippen LogP contribution in [-0.4, -0.2) is 184 Å². The number of aromatic nitrogens is 9. The molecule has 40 nitrogen and oxygen atoms in total. The van der Waals surface area contributed by atoms with E-state index in [9.17, 15) is 77.0 Å². The number of esters is 2. The van der Waals surface area contributed by atoms with Gasteiger partial charge in [-0.25, -0.2) is 62.1 Å². The fourth-order valence-electron chi connectivity index (χ4n) is 11.9. The van der Waals surface area contributed by atoms with Crippen LogP contribution in [0.15, 0.2) is 9.59 Å². The van der Waals surface area contributed by atoms with Gasteiger partial charge in [-0.1, -0.05) is 38.5 Å². The molecule has 0 spiro atoms. The van der Waals surface area contributed by atoms with Gasteiger partial charge in [-0.15, -0.1) is 0 Å². The largest absolute Gasteiger partial charge is 0.477 e. The zero-order valence-corrected chi connectivity index (χ0v) is 85.3. The van der Waals surface area contributed by atoms with Crippen molar-refractivity contribution in [1.29, 1.82) is 0 Å². The standard InChI is InChI=1S/C23H34N4O5S.C17H24N2O7S.C16H22N2O7S.C15H21IN2O6S.C13H18N4OS/c1-14-16-17(19(28)26(24-14)13-15-11-9-8-10-12-15)33-25-18(16)27(20(29)31-22(2,3)4)21(30)32-23(5,6)7;1-9(20)10-11(13(21)24-8)27-18-12(10)19(14(22)25-16(2,3)4)15(23)26-17(5,6)7;1-8(19)9-10(12(20)21)26-17-11(9)18(13(22)24-15(2,3)4)14(23)25-16(5,6)7;1-14(2,3)23-12(20)18(13(21)24-15(4,5)6)10-8(16)9(25-17-10)11(19)22-7;1-8-10-11(19-16-12(10)14)13(18)17(15-8)7-9-5-3-2-4-6-9/h15H,8-13H2,1-7H3;1-8H3;1-7H3,(H,20,21);1-7H3;9H,2-7H2,1H3,(H2,14,16). The summed E-state index contributed by atoms with van der Waals surface area (Å²) in [5.41, 5.74) is -0.859. The first-order chi connectivity index (χ1) is 59.5. The van der Waals surface area contributed by atoms with Crippen LogP contribution >= 0.6 is 80.3 Å². The lowest BCUT2D eigenvalue weighted by atomic mass is 9.89. The number of nitrogens with two attached hydrogens (primary N) is 1. The van der Waals surface area contributed by atoms with Gasteiger partial charge in [-0.3, -0.25) is 19.2 Å². The number of aromatic carboxylic acids is 1. The van der Waals surface area contributed by atoms with E-state index in [1.54, 1.807) is 178 Å². The number of imide groups is 4. The Kier molecular flexibility index (Phi) is 37.9. The Morgan fingerprint density at radius 3 is 0.946 bits per heavy atom.